The molecule has 1 spiro atoms. The number of rotatable bonds is 5. The van der Waals surface area contributed by atoms with Gasteiger partial charge in [0.05, 0.1) is 12.6 Å². The second-order valence-corrected chi connectivity index (χ2v) is 7.17. The first-order chi connectivity index (χ1) is 12.1. The molecule has 2 atom stereocenters. The van der Waals surface area contributed by atoms with E-state index in [1.165, 1.54) is 6.42 Å². The van der Waals surface area contributed by atoms with Crippen molar-refractivity contribution in [3.05, 3.63) is 30.2 Å². The second kappa shape index (κ2) is 6.29. The smallest absolute Gasteiger partial charge is 0.317 e. The molecule has 0 aromatic carbocycles. The average molecular weight is 343 g/mol. The Balaban J connectivity index is 1.38. The molecule has 2 heterocycles. The van der Waals surface area contributed by atoms with Gasteiger partial charge in [0, 0.05) is 31.3 Å². The summed E-state index contributed by atoms with van der Waals surface area (Å²) < 4.78 is 7.76. The topological polar surface area (TPSA) is 71.8 Å². The molecule has 2 aliphatic rings. The largest absolute Gasteiger partial charge is 0.378 e. The van der Waals surface area contributed by atoms with Crippen molar-refractivity contribution in [1.82, 2.24) is 24.8 Å². The molecule has 4 rings (SSSR count). The van der Waals surface area contributed by atoms with Crippen LogP contribution in [-0.4, -0.2) is 51.3 Å². The maximum absolute atomic E-state index is 12.6. The molecule has 1 N–H and O–H groups in total. The van der Waals surface area contributed by atoms with E-state index in [4.69, 9.17) is 4.74 Å². The molecule has 2 amide bonds. The highest BCUT2D eigenvalue weighted by Gasteiger charge is 2.59. The Labute approximate surface area is 147 Å². The van der Waals surface area contributed by atoms with Crippen LogP contribution < -0.4 is 5.32 Å². The number of carbonyl (C=O) groups is 1. The predicted octanol–water partition coefficient (Wildman–Crippen LogP) is 2.22. The van der Waals surface area contributed by atoms with Crippen LogP contribution in [0.2, 0.25) is 0 Å². The van der Waals surface area contributed by atoms with Crippen LogP contribution in [0.1, 0.15) is 38.4 Å². The minimum Gasteiger partial charge on any atom is -0.378 e. The number of aromatic nitrogens is 3. The normalized spacial score (nSPS) is 23.9. The summed E-state index contributed by atoms with van der Waals surface area (Å²) in [4.78, 5) is 14.3. The van der Waals surface area contributed by atoms with E-state index in [0.29, 0.717) is 12.6 Å². The standard InChI is InChI=1S/C18H25N5O2/c1-3-25-14-11-13(18(14)8-6-9-18)19-17(24)22(2)12-16-21-20-15-7-4-5-10-23(15)16/h4-5,7,10,13-14H,3,6,8-9,11-12H2,1-2H3,(H,19,24)/t13-,14-/m0/s1. The summed E-state index contributed by atoms with van der Waals surface area (Å²) in [6, 6.07) is 5.93. The van der Waals surface area contributed by atoms with Gasteiger partial charge in [0.25, 0.3) is 0 Å². The fraction of sp³-hybridized carbons (Fsp3) is 0.611. The van der Waals surface area contributed by atoms with Gasteiger partial charge >= 0.3 is 6.03 Å². The summed E-state index contributed by atoms with van der Waals surface area (Å²) in [5.41, 5.74) is 0.965. The summed E-state index contributed by atoms with van der Waals surface area (Å²) in [7, 11) is 1.80. The third kappa shape index (κ3) is 2.66. The number of fused-ring (bicyclic) bond motifs is 1. The van der Waals surface area contributed by atoms with E-state index in [-0.39, 0.29) is 17.5 Å². The predicted molar refractivity (Wildman–Crippen MR) is 93.1 cm³/mol. The van der Waals surface area contributed by atoms with Crippen LogP contribution in [0.5, 0.6) is 0 Å². The molecule has 2 fully saturated rings. The average Bonchev–Trinajstić information content (AvgIpc) is 2.95. The minimum atomic E-state index is -0.0566. The zero-order valence-electron chi connectivity index (χ0n) is 14.8. The maximum Gasteiger partial charge on any atom is 0.317 e. The molecule has 7 nitrogen and oxygen atoms in total. The molecule has 0 unspecified atom stereocenters. The number of amides is 2. The molecule has 7 heteroatoms. The number of urea groups is 1. The Morgan fingerprint density at radius 2 is 2.28 bits per heavy atom. The molecule has 0 radical (unpaired) electrons. The number of nitrogens with zero attached hydrogens (tertiary/aromatic N) is 4. The van der Waals surface area contributed by atoms with Crippen molar-refractivity contribution in [2.75, 3.05) is 13.7 Å². The highest BCUT2D eigenvalue weighted by molar-refractivity contribution is 5.74. The Bertz CT molecular complexity index is 770. The highest BCUT2D eigenvalue weighted by Crippen LogP contribution is 2.57. The van der Waals surface area contributed by atoms with Gasteiger partial charge in [-0.3, -0.25) is 4.40 Å². The van der Waals surface area contributed by atoms with Gasteiger partial charge in [0.2, 0.25) is 0 Å². The van der Waals surface area contributed by atoms with E-state index in [9.17, 15) is 4.79 Å². The first-order valence-electron chi connectivity index (χ1n) is 9.06. The zero-order chi connectivity index (χ0) is 17.4. The third-order valence-corrected chi connectivity index (χ3v) is 5.84. The van der Waals surface area contributed by atoms with Crippen molar-refractivity contribution < 1.29 is 9.53 Å². The molecule has 0 aliphatic heterocycles. The Hall–Kier alpha value is -2.15. The lowest BCUT2D eigenvalue weighted by Gasteiger charge is -2.61. The van der Waals surface area contributed by atoms with E-state index in [2.05, 4.69) is 15.5 Å². The van der Waals surface area contributed by atoms with Crippen molar-refractivity contribution in [2.24, 2.45) is 5.41 Å². The number of carbonyl (C=O) groups excluding carboxylic acids is 1. The van der Waals surface area contributed by atoms with Gasteiger partial charge in [-0.25, -0.2) is 4.79 Å². The van der Waals surface area contributed by atoms with Gasteiger partial charge in [-0.1, -0.05) is 12.5 Å². The van der Waals surface area contributed by atoms with Crippen molar-refractivity contribution in [3.63, 3.8) is 0 Å². The summed E-state index contributed by atoms with van der Waals surface area (Å²) in [6.45, 7) is 3.20. The SMILES string of the molecule is CCO[C@H]1C[C@H](NC(=O)N(C)Cc2nnc3ccccn23)C12CCC2. The number of pyridine rings is 1. The van der Waals surface area contributed by atoms with Crippen molar-refractivity contribution in [1.29, 1.82) is 0 Å². The monoisotopic (exact) mass is 343 g/mol. The second-order valence-electron chi connectivity index (χ2n) is 7.17. The Kier molecular flexibility index (Phi) is 4.11. The fourth-order valence-corrected chi connectivity index (χ4v) is 4.18. The molecule has 2 saturated carbocycles. The van der Waals surface area contributed by atoms with Crippen molar-refractivity contribution >= 4 is 11.7 Å². The van der Waals surface area contributed by atoms with Crippen LogP contribution in [0.25, 0.3) is 5.65 Å². The van der Waals surface area contributed by atoms with Crippen LogP contribution >= 0.6 is 0 Å². The third-order valence-electron chi connectivity index (χ3n) is 5.84. The quantitative estimate of drug-likeness (QED) is 0.903. The van der Waals surface area contributed by atoms with E-state index in [0.717, 1.165) is 37.3 Å². The van der Waals surface area contributed by atoms with Gasteiger partial charge in [-0.2, -0.15) is 0 Å². The van der Waals surface area contributed by atoms with Gasteiger partial charge < -0.3 is 15.0 Å². The van der Waals surface area contributed by atoms with Crippen LogP contribution in [0, 0.1) is 5.41 Å². The first kappa shape index (κ1) is 16.3. The molecule has 2 aromatic heterocycles. The number of ether oxygens (including phenoxy) is 1. The summed E-state index contributed by atoms with van der Waals surface area (Å²) in [5, 5.41) is 11.5. The molecule has 0 saturated heterocycles. The lowest BCUT2D eigenvalue weighted by Crippen LogP contribution is -2.68. The van der Waals surface area contributed by atoms with E-state index >= 15 is 0 Å². The number of nitrogens with one attached hydrogen (secondary N) is 1. The first-order valence-corrected chi connectivity index (χ1v) is 9.06. The Morgan fingerprint density at radius 3 is 3.00 bits per heavy atom. The van der Waals surface area contributed by atoms with Gasteiger partial charge in [-0.05, 0) is 38.3 Å². The lowest BCUT2D eigenvalue weighted by atomic mass is 9.51. The molecule has 2 aromatic rings. The fourth-order valence-electron chi connectivity index (χ4n) is 4.18. The van der Waals surface area contributed by atoms with E-state index in [1.54, 1.807) is 11.9 Å². The van der Waals surface area contributed by atoms with E-state index in [1.807, 2.05) is 35.7 Å². The van der Waals surface area contributed by atoms with Gasteiger partial charge in [0.15, 0.2) is 11.5 Å². The van der Waals surface area contributed by atoms with Crippen LogP contribution in [0.4, 0.5) is 4.79 Å². The van der Waals surface area contributed by atoms with Crippen LogP contribution in [0.3, 0.4) is 0 Å². The summed E-state index contributed by atoms with van der Waals surface area (Å²) >= 11 is 0. The number of hydrogen-bond acceptors (Lipinski definition) is 4. The molecule has 134 valence electrons. The zero-order valence-corrected chi connectivity index (χ0v) is 14.8. The molecular formula is C18H25N5O2. The highest BCUT2D eigenvalue weighted by atomic mass is 16.5. The Morgan fingerprint density at radius 1 is 1.44 bits per heavy atom. The molecule has 2 aliphatic carbocycles. The summed E-state index contributed by atoms with van der Waals surface area (Å²) in [6.07, 6.45) is 6.68. The van der Waals surface area contributed by atoms with Crippen molar-refractivity contribution in [3.8, 4) is 0 Å². The van der Waals surface area contributed by atoms with Crippen LogP contribution in [0.15, 0.2) is 24.4 Å². The summed E-state index contributed by atoms with van der Waals surface area (Å²) in [5.74, 6) is 0.757. The number of hydrogen-bond donors (Lipinski definition) is 1. The van der Waals surface area contributed by atoms with Crippen LogP contribution in [-0.2, 0) is 11.3 Å². The maximum atomic E-state index is 12.6. The van der Waals surface area contributed by atoms with Gasteiger partial charge in [0.1, 0.15) is 0 Å². The van der Waals surface area contributed by atoms with E-state index < -0.39 is 0 Å². The molecular weight excluding hydrogens is 318 g/mol. The lowest BCUT2D eigenvalue weighted by molar-refractivity contribution is -0.169. The molecule has 0 bridgehead atoms. The van der Waals surface area contributed by atoms with Crippen molar-refractivity contribution in [2.45, 2.75) is 51.3 Å². The minimum absolute atomic E-state index is 0.0566. The molecule has 25 heavy (non-hydrogen) atoms. The van der Waals surface area contributed by atoms with Gasteiger partial charge in [-0.15, -0.1) is 10.2 Å².